The van der Waals surface area contributed by atoms with Crippen LogP contribution in [0.25, 0.3) is 0 Å². The summed E-state index contributed by atoms with van der Waals surface area (Å²) in [6.45, 7) is 5.19. The summed E-state index contributed by atoms with van der Waals surface area (Å²) in [6.07, 6.45) is 1.12. The van der Waals surface area contributed by atoms with Gasteiger partial charge in [0.15, 0.2) is 0 Å². The van der Waals surface area contributed by atoms with E-state index in [1.54, 1.807) is 11.8 Å². The van der Waals surface area contributed by atoms with E-state index < -0.39 is 0 Å². The Morgan fingerprint density at radius 3 is 3.07 bits per heavy atom. The van der Waals surface area contributed by atoms with Crippen molar-refractivity contribution in [1.29, 1.82) is 0 Å². The molecule has 2 rings (SSSR count). The lowest BCUT2D eigenvalue weighted by Crippen LogP contribution is -2.46. The summed E-state index contributed by atoms with van der Waals surface area (Å²) in [7, 11) is 0. The molecule has 5 nitrogen and oxygen atoms in total. The second kappa shape index (κ2) is 4.40. The van der Waals surface area contributed by atoms with Crippen molar-refractivity contribution in [2.24, 2.45) is 0 Å². The Morgan fingerprint density at radius 1 is 1.60 bits per heavy atom. The number of likely N-dealkylation sites (N-methyl/N-ethyl adjacent to an activating group) is 1. The Morgan fingerprint density at radius 2 is 2.40 bits per heavy atom. The smallest absolute Gasteiger partial charge is 0.289 e. The van der Waals surface area contributed by atoms with Crippen LogP contribution in [0.2, 0.25) is 0 Å². The highest BCUT2D eigenvalue weighted by atomic mass is 32.2. The van der Waals surface area contributed by atoms with Crippen molar-refractivity contribution in [2.75, 3.05) is 32.1 Å². The molecule has 84 valence electrons. The summed E-state index contributed by atoms with van der Waals surface area (Å²) in [5.41, 5.74) is 0.382. The van der Waals surface area contributed by atoms with Gasteiger partial charge in [-0.25, -0.2) is 0 Å². The van der Waals surface area contributed by atoms with Gasteiger partial charge in [-0.3, -0.25) is 15.0 Å². The summed E-state index contributed by atoms with van der Waals surface area (Å²) in [6, 6.07) is 0. The highest BCUT2D eigenvalue weighted by molar-refractivity contribution is 8.03. The van der Waals surface area contributed by atoms with Crippen molar-refractivity contribution in [1.82, 2.24) is 9.80 Å². The van der Waals surface area contributed by atoms with Gasteiger partial charge in [0, 0.05) is 12.3 Å². The molecule has 0 saturated carbocycles. The molecular formula is C9H15N3O2S. The first kappa shape index (κ1) is 10.8. The first-order valence-corrected chi connectivity index (χ1v) is 6.18. The molecule has 0 bridgehead atoms. The van der Waals surface area contributed by atoms with E-state index in [9.17, 15) is 10.1 Å². The van der Waals surface area contributed by atoms with Crippen molar-refractivity contribution in [3.05, 3.63) is 20.8 Å². The lowest BCUT2D eigenvalue weighted by Gasteiger charge is -2.38. The Hall–Kier alpha value is -0.750. The summed E-state index contributed by atoms with van der Waals surface area (Å²) in [5, 5.41) is 11.9. The number of rotatable bonds is 2. The van der Waals surface area contributed by atoms with Crippen LogP contribution in [-0.2, 0) is 0 Å². The molecule has 0 atom stereocenters. The predicted molar refractivity (Wildman–Crippen MR) is 59.9 cm³/mol. The van der Waals surface area contributed by atoms with E-state index in [1.807, 2.05) is 6.92 Å². The van der Waals surface area contributed by atoms with Crippen molar-refractivity contribution in [3.8, 4) is 0 Å². The molecule has 1 fully saturated rings. The van der Waals surface area contributed by atoms with Gasteiger partial charge >= 0.3 is 0 Å². The van der Waals surface area contributed by atoms with Gasteiger partial charge in [-0.15, -0.1) is 11.8 Å². The zero-order chi connectivity index (χ0) is 10.8. The minimum absolute atomic E-state index is 0.220. The molecule has 2 aliphatic heterocycles. The number of nitrogens with zero attached hydrogens (tertiary/aromatic N) is 3. The highest BCUT2D eigenvalue weighted by Crippen LogP contribution is 2.32. The molecule has 0 aromatic carbocycles. The van der Waals surface area contributed by atoms with Crippen LogP contribution in [0, 0.1) is 10.1 Å². The Bertz CT molecular complexity index is 306. The average Bonchev–Trinajstić information content (AvgIpc) is 2.27. The normalized spacial score (nSPS) is 22.9. The maximum absolute atomic E-state index is 11.0. The number of nitro groups is 1. The maximum atomic E-state index is 11.0. The number of hydrogen-bond donors (Lipinski definition) is 0. The molecule has 0 aromatic heterocycles. The lowest BCUT2D eigenvalue weighted by atomic mass is 10.3. The minimum atomic E-state index is -0.220. The second-order valence-corrected chi connectivity index (χ2v) is 4.84. The fourth-order valence-electron chi connectivity index (χ4n) is 1.94. The van der Waals surface area contributed by atoms with Crippen LogP contribution in [0.15, 0.2) is 10.7 Å². The van der Waals surface area contributed by atoms with E-state index in [1.165, 1.54) is 0 Å². The molecule has 2 heterocycles. The van der Waals surface area contributed by atoms with E-state index >= 15 is 0 Å². The van der Waals surface area contributed by atoms with Crippen LogP contribution in [0.4, 0.5) is 0 Å². The fourth-order valence-corrected chi connectivity index (χ4v) is 3.04. The minimum Gasteiger partial charge on any atom is -0.348 e. The van der Waals surface area contributed by atoms with Gasteiger partial charge in [0.1, 0.15) is 5.03 Å². The third-order valence-electron chi connectivity index (χ3n) is 2.76. The number of thioether (sulfide) groups is 1. The van der Waals surface area contributed by atoms with E-state index in [2.05, 4.69) is 9.80 Å². The van der Waals surface area contributed by atoms with Crippen LogP contribution in [0.5, 0.6) is 0 Å². The largest absolute Gasteiger partial charge is 0.348 e. The van der Waals surface area contributed by atoms with Crippen LogP contribution in [0.3, 0.4) is 0 Å². The van der Waals surface area contributed by atoms with Crippen molar-refractivity contribution in [2.45, 2.75) is 13.3 Å². The molecule has 0 unspecified atom stereocenters. The molecule has 0 aliphatic carbocycles. The maximum Gasteiger partial charge on any atom is 0.289 e. The lowest BCUT2D eigenvalue weighted by molar-refractivity contribution is -0.431. The van der Waals surface area contributed by atoms with E-state index in [-0.39, 0.29) is 4.92 Å². The molecule has 0 aromatic rings. The average molecular weight is 229 g/mol. The van der Waals surface area contributed by atoms with Crippen LogP contribution in [-0.4, -0.2) is 46.8 Å². The van der Waals surface area contributed by atoms with Gasteiger partial charge in [0.2, 0.25) is 0 Å². The first-order valence-electron chi connectivity index (χ1n) is 5.20. The van der Waals surface area contributed by atoms with Crippen LogP contribution >= 0.6 is 11.8 Å². The van der Waals surface area contributed by atoms with Gasteiger partial charge < -0.3 is 4.90 Å². The third kappa shape index (κ3) is 2.10. The summed E-state index contributed by atoms with van der Waals surface area (Å²) < 4.78 is 0. The van der Waals surface area contributed by atoms with Crippen molar-refractivity contribution in [3.63, 3.8) is 0 Å². The molecule has 6 heteroatoms. The topological polar surface area (TPSA) is 49.6 Å². The quantitative estimate of drug-likeness (QED) is 0.525. The first-order chi connectivity index (χ1) is 7.22. The second-order valence-electron chi connectivity index (χ2n) is 3.76. The predicted octanol–water partition coefficient (Wildman–Crippen LogP) is 1.16. The molecule has 2 aliphatic rings. The molecule has 1 saturated heterocycles. The number of hydrogen-bond acceptors (Lipinski definition) is 5. The zero-order valence-electron chi connectivity index (χ0n) is 8.81. The van der Waals surface area contributed by atoms with Gasteiger partial charge in [-0.1, -0.05) is 6.92 Å². The van der Waals surface area contributed by atoms with Crippen molar-refractivity contribution >= 4 is 11.8 Å². The van der Waals surface area contributed by atoms with Gasteiger partial charge in [0.25, 0.3) is 5.70 Å². The summed E-state index contributed by atoms with van der Waals surface area (Å²) in [4.78, 5) is 15.0. The van der Waals surface area contributed by atoms with E-state index in [0.717, 1.165) is 37.0 Å². The molecule has 0 amide bonds. The standard InChI is InChI=1S/C9H15N3O2S/c1-2-10-6-8(12(13)14)9-11(7-10)4-3-5-15-9/h2-7H2,1H3. The monoisotopic (exact) mass is 229 g/mol. The molecular weight excluding hydrogens is 214 g/mol. The van der Waals surface area contributed by atoms with Crippen LogP contribution in [0.1, 0.15) is 13.3 Å². The summed E-state index contributed by atoms with van der Waals surface area (Å²) >= 11 is 1.63. The Kier molecular flexibility index (Phi) is 3.16. The SMILES string of the molecule is CCN1CC([N+](=O)[O-])=C2SCCCN2C1. The third-order valence-corrected chi connectivity index (χ3v) is 4.02. The molecule has 0 radical (unpaired) electrons. The van der Waals surface area contributed by atoms with Gasteiger partial charge in [0.05, 0.1) is 18.1 Å². The summed E-state index contributed by atoms with van der Waals surface area (Å²) in [5.74, 6) is 1.01. The van der Waals surface area contributed by atoms with E-state index in [0.29, 0.717) is 12.2 Å². The zero-order valence-corrected chi connectivity index (χ0v) is 9.63. The Balaban J connectivity index is 2.27. The molecule has 15 heavy (non-hydrogen) atoms. The molecule has 0 spiro atoms. The van der Waals surface area contributed by atoms with Crippen molar-refractivity contribution < 1.29 is 4.92 Å². The highest BCUT2D eigenvalue weighted by Gasteiger charge is 2.33. The number of fused-ring (bicyclic) bond motifs is 1. The Labute approximate surface area is 93.3 Å². The van der Waals surface area contributed by atoms with Gasteiger partial charge in [-0.2, -0.15) is 0 Å². The van der Waals surface area contributed by atoms with Gasteiger partial charge in [-0.05, 0) is 13.0 Å². The van der Waals surface area contributed by atoms with Crippen LogP contribution < -0.4 is 0 Å². The van der Waals surface area contributed by atoms with E-state index in [4.69, 9.17) is 0 Å². The molecule has 0 N–H and O–H groups in total. The fraction of sp³-hybridized carbons (Fsp3) is 0.778.